The average molecular weight is 280 g/mol. The van der Waals surface area contributed by atoms with E-state index in [4.69, 9.17) is 4.98 Å². The lowest BCUT2D eigenvalue weighted by Gasteiger charge is -2.11. The number of aromatic nitrogens is 1. The van der Waals surface area contributed by atoms with Crippen LogP contribution in [0.25, 0.3) is 9.88 Å². The second-order valence-electron chi connectivity index (χ2n) is 4.55. The number of nitrogens with zero attached hydrogens (tertiary/aromatic N) is 1. The maximum atomic E-state index is 4.71. The summed E-state index contributed by atoms with van der Waals surface area (Å²) >= 11 is 3.64. The van der Waals surface area contributed by atoms with E-state index in [9.17, 15) is 0 Å². The molecule has 2 nitrogen and oxygen atoms in total. The Kier molecular flexibility index (Phi) is 4.54. The fourth-order valence-electron chi connectivity index (χ4n) is 1.92. The summed E-state index contributed by atoms with van der Waals surface area (Å²) in [6.07, 6.45) is 1.17. The van der Waals surface area contributed by atoms with E-state index >= 15 is 0 Å². The Morgan fingerprint density at radius 3 is 2.67 bits per heavy atom. The van der Waals surface area contributed by atoms with E-state index in [1.165, 1.54) is 21.1 Å². The van der Waals surface area contributed by atoms with Crippen LogP contribution in [0.2, 0.25) is 0 Å². The van der Waals surface area contributed by atoms with E-state index in [2.05, 4.69) is 45.1 Å². The molecule has 0 aromatic carbocycles. The van der Waals surface area contributed by atoms with E-state index in [0.29, 0.717) is 6.04 Å². The number of thiazole rings is 1. The zero-order chi connectivity index (χ0) is 13.1. The highest BCUT2D eigenvalue weighted by Crippen LogP contribution is 2.35. The lowest BCUT2D eigenvalue weighted by molar-refractivity contribution is 0.575. The van der Waals surface area contributed by atoms with E-state index in [0.717, 1.165) is 17.2 Å². The van der Waals surface area contributed by atoms with Crippen molar-refractivity contribution >= 4 is 22.7 Å². The molecule has 1 atom stereocenters. The van der Waals surface area contributed by atoms with Gasteiger partial charge in [0.2, 0.25) is 0 Å². The molecule has 0 saturated carbocycles. The molecule has 0 aliphatic heterocycles. The van der Waals surface area contributed by atoms with Crippen molar-refractivity contribution in [3.8, 4) is 9.88 Å². The van der Waals surface area contributed by atoms with Gasteiger partial charge in [0.1, 0.15) is 5.01 Å². The van der Waals surface area contributed by atoms with E-state index in [-0.39, 0.29) is 0 Å². The van der Waals surface area contributed by atoms with Gasteiger partial charge in [0, 0.05) is 15.8 Å². The van der Waals surface area contributed by atoms with Crippen molar-refractivity contribution in [3.63, 3.8) is 0 Å². The van der Waals surface area contributed by atoms with Gasteiger partial charge in [-0.15, -0.1) is 22.7 Å². The molecule has 2 heterocycles. The second kappa shape index (κ2) is 5.95. The Hall–Kier alpha value is -0.710. The summed E-state index contributed by atoms with van der Waals surface area (Å²) in [6.45, 7) is 9.73. The van der Waals surface area contributed by atoms with E-state index in [1.807, 2.05) is 22.7 Å². The lowest BCUT2D eigenvalue weighted by atomic mass is 10.2. The number of nitrogens with one attached hydrogen (secondary N) is 1. The minimum atomic E-state index is 0.400. The van der Waals surface area contributed by atoms with Gasteiger partial charge in [-0.3, -0.25) is 0 Å². The Labute approximate surface area is 117 Å². The van der Waals surface area contributed by atoms with Crippen LogP contribution in [-0.4, -0.2) is 11.5 Å². The molecular weight excluding hydrogens is 260 g/mol. The molecule has 2 aromatic heterocycles. The number of hydrogen-bond donors (Lipinski definition) is 1. The van der Waals surface area contributed by atoms with Gasteiger partial charge >= 0.3 is 0 Å². The van der Waals surface area contributed by atoms with Gasteiger partial charge in [0.15, 0.2) is 0 Å². The van der Waals surface area contributed by atoms with Crippen LogP contribution in [-0.2, 0) is 0 Å². The van der Waals surface area contributed by atoms with Crippen LogP contribution in [0.15, 0.2) is 12.1 Å². The topological polar surface area (TPSA) is 24.9 Å². The fraction of sp³-hybridized carbons (Fsp3) is 0.500. The molecule has 0 fully saturated rings. The average Bonchev–Trinajstić information content (AvgIpc) is 2.92. The standard InChI is InChI=1S/C14H20N2S2/c1-5-8-15-10(3)13-11(4)16-14(18-13)12-7-6-9(2)17-12/h6-7,10,15H,5,8H2,1-4H3. The van der Waals surface area contributed by atoms with Crippen LogP contribution < -0.4 is 5.32 Å². The lowest BCUT2D eigenvalue weighted by Crippen LogP contribution is -2.18. The third-order valence-electron chi connectivity index (χ3n) is 2.88. The smallest absolute Gasteiger partial charge is 0.133 e. The molecule has 4 heteroatoms. The Morgan fingerprint density at radius 2 is 2.06 bits per heavy atom. The van der Waals surface area contributed by atoms with Gasteiger partial charge in [-0.1, -0.05) is 6.92 Å². The number of hydrogen-bond acceptors (Lipinski definition) is 4. The van der Waals surface area contributed by atoms with Crippen molar-refractivity contribution in [2.75, 3.05) is 6.54 Å². The second-order valence-corrected chi connectivity index (χ2v) is 6.87. The predicted molar refractivity (Wildman–Crippen MR) is 81.6 cm³/mol. The molecule has 1 unspecified atom stereocenters. The van der Waals surface area contributed by atoms with Gasteiger partial charge in [-0.2, -0.15) is 0 Å². The van der Waals surface area contributed by atoms with Crippen LogP contribution >= 0.6 is 22.7 Å². The first-order valence-corrected chi connectivity index (χ1v) is 8.02. The monoisotopic (exact) mass is 280 g/mol. The molecule has 18 heavy (non-hydrogen) atoms. The first-order valence-electron chi connectivity index (χ1n) is 6.39. The third kappa shape index (κ3) is 2.99. The molecule has 0 radical (unpaired) electrons. The quantitative estimate of drug-likeness (QED) is 0.869. The molecular formula is C14H20N2S2. The molecule has 1 N–H and O–H groups in total. The third-order valence-corrected chi connectivity index (χ3v) is 5.39. The van der Waals surface area contributed by atoms with Crippen molar-refractivity contribution in [3.05, 3.63) is 27.6 Å². The molecule has 0 aliphatic rings. The highest BCUT2D eigenvalue weighted by molar-refractivity contribution is 7.21. The van der Waals surface area contributed by atoms with E-state index in [1.54, 1.807) is 0 Å². The Morgan fingerprint density at radius 1 is 1.28 bits per heavy atom. The van der Waals surface area contributed by atoms with Crippen molar-refractivity contribution in [1.29, 1.82) is 0 Å². The fourth-order valence-corrected chi connectivity index (χ4v) is 3.93. The molecule has 0 amide bonds. The SMILES string of the molecule is CCCNC(C)c1sc(-c2ccc(C)s2)nc1C. The summed E-state index contributed by atoms with van der Waals surface area (Å²) in [5.41, 5.74) is 1.16. The highest BCUT2D eigenvalue weighted by Gasteiger charge is 2.15. The summed E-state index contributed by atoms with van der Waals surface area (Å²) < 4.78 is 0. The molecule has 0 saturated heterocycles. The number of aryl methyl sites for hydroxylation is 2. The van der Waals surface area contributed by atoms with Crippen LogP contribution in [0.3, 0.4) is 0 Å². The number of thiophene rings is 1. The van der Waals surface area contributed by atoms with Crippen molar-refractivity contribution in [1.82, 2.24) is 10.3 Å². The highest BCUT2D eigenvalue weighted by atomic mass is 32.1. The zero-order valence-corrected chi connectivity index (χ0v) is 13.0. The largest absolute Gasteiger partial charge is 0.309 e. The maximum absolute atomic E-state index is 4.71. The molecule has 0 spiro atoms. The zero-order valence-electron chi connectivity index (χ0n) is 11.4. The Balaban J connectivity index is 2.21. The van der Waals surface area contributed by atoms with Gasteiger partial charge < -0.3 is 5.32 Å². The van der Waals surface area contributed by atoms with Gasteiger partial charge in [0.05, 0.1) is 10.6 Å². The van der Waals surface area contributed by atoms with Crippen molar-refractivity contribution < 1.29 is 0 Å². The normalized spacial score (nSPS) is 12.9. The number of rotatable bonds is 5. The predicted octanol–water partition coefficient (Wildman–Crippen LogP) is 4.55. The molecule has 0 bridgehead atoms. The molecule has 2 rings (SSSR count). The summed E-state index contributed by atoms with van der Waals surface area (Å²) in [7, 11) is 0. The van der Waals surface area contributed by atoms with Gasteiger partial charge in [-0.05, 0) is 45.9 Å². The first-order chi connectivity index (χ1) is 8.61. The van der Waals surface area contributed by atoms with Crippen LogP contribution in [0, 0.1) is 13.8 Å². The minimum Gasteiger partial charge on any atom is -0.309 e. The van der Waals surface area contributed by atoms with Gasteiger partial charge in [-0.25, -0.2) is 4.98 Å². The summed E-state index contributed by atoms with van der Waals surface area (Å²) in [4.78, 5) is 8.71. The summed E-state index contributed by atoms with van der Waals surface area (Å²) in [5, 5.41) is 4.69. The first kappa shape index (κ1) is 13.7. The summed E-state index contributed by atoms with van der Waals surface area (Å²) in [5.74, 6) is 0. The van der Waals surface area contributed by atoms with Gasteiger partial charge in [0.25, 0.3) is 0 Å². The maximum Gasteiger partial charge on any atom is 0.133 e. The molecule has 2 aromatic rings. The molecule has 0 aliphatic carbocycles. The van der Waals surface area contributed by atoms with Crippen LogP contribution in [0.5, 0.6) is 0 Å². The Bertz CT molecular complexity index is 514. The van der Waals surface area contributed by atoms with Crippen LogP contribution in [0.1, 0.15) is 41.8 Å². The summed E-state index contributed by atoms with van der Waals surface area (Å²) in [6, 6.07) is 4.73. The molecule has 98 valence electrons. The minimum absolute atomic E-state index is 0.400. The van der Waals surface area contributed by atoms with E-state index < -0.39 is 0 Å². The van der Waals surface area contributed by atoms with Crippen molar-refractivity contribution in [2.45, 2.75) is 40.2 Å². The van der Waals surface area contributed by atoms with Crippen molar-refractivity contribution in [2.24, 2.45) is 0 Å². The van der Waals surface area contributed by atoms with Crippen LogP contribution in [0.4, 0.5) is 0 Å².